The molecule has 1 aliphatic rings. The highest BCUT2D eigenvalue weighted by atomic mass is 32.1. The summed E-state index contributed by atoms with van der Waals surface area (Å²) in [5.74, 6) is 0. The van der Waals surface area contributed by atoms with Crippen molar-refractivity contribution in [1.29, 1.82) is 0 Å². The van der Waals surface area contributed by atoms with Crippen LogP contribution in [0.15, 0.2) is 41.7 Å². The summed E-state index contributed by atoms with van der Waals surface area (Å²) in [5.41, 5.74) is 4.17. The predicted octanol–water partition coefficient (Wildman–Crippen LogP) is 3.80. The Bertz CT molecular complexity index is 945. The van der Waals surface area contributed by atoms with E-state index in [-0.39, 0.29) is 5.41 Å². The van der Waals surface area contributed by atoms with E-state index in [1.807, 2.05) is 24.5 Å². The average Bonchev–Trinajstić information content (AvgIpc) is 3.18. The molecule has 0 aliphatic carbocycles. The molecule has 0 fully saturated rings. The number of para-hydroxylation sites is 1. The number of aromatic nitrogens is 4. The van der Waals surface area contributed by atoms with E-state index in [4.69, 9.17) is 17.2 Å². The lowest BCUT2D eigenvalue weighted by Crippen LogP contribution is -2.26. The highest BCUT2D eigenvalue weighted by molar-refractivity contribution is 7.73. The molecule has 2 aromatic heterocycles. The third kappa shape index (κ3) is 1.97. The van der Waals surface area contributed by atoms with Crippen LogP contribution in [0.2, 0.25) is 0 Å². The van der Waals surface area contributed by atoms with Gasteiger partial charge in [-0.05, 0) is 23.8 Å². The van der Waals surface area contributed by atoms with Gasteiger partial charge in [0.05, 0.1) is 17.6 Å². The molecule has 0 spiro atoms. The quantitative estimate of drug-likeness (QED) is 0.728. The van der Waals surface area contributed by atoms with Crippen molar-refractivity contribution in [3.63, 3.8) is 0 Å². The zero-order valence-electron chi connectivity index (χ0n) is 12.1. The predicted molar refractivity (Wildman–Crippen MR) is 90.1 cm³/mol. The number of nitrogens with zero attached hydrogens (tertiary/aromatic N) is 4. The van der Waals surface area contributed by atoms with Gasteiger partial charge in [-0.1, -0.05) is 43.4 Å². The summed E-state index contributed by atoms with van der Waals surface area (Å²) in [6.45, 7) is 4.38. The molecule has 1 aromatic carbocycles. The van der Waals surface area contributed by atoms with E-state index < -0.39 is 0 Å². The lowest BCUT2D eigenvalue weighted by molar-refractivity contribution is 0.737. The van der Waals surface area contributed by atoms with Crippen LogP contribution in [0.25, 0.3) is 5.13 Å². The van der Waals surface area contributed by atoms with Gasteiger partial charge in [0, 0.05) is 17.2 Å². The van der Waals surface area contributed by atoms with Gasteiger partial charge in [-0.2, -0.15) is 5.10 Å². The third-order valence-electron chi connectivity index (χ3n) is 3.88. The summed E-state index contributed by atoms with van der Waals surface area (Å²) in [7, 11) is 0. The second-order valence-corrected chi connectivity index (χ2v) is 7.32. The Hall–Kier alpha value is -2.12. The Balaban J connectivity index is 1.78. The molecule has 1 N–H and O–H groups in total. The monoisotopic (exact) mass is 327 g/mol. The molecule has 5 nitrogen and oxygen atoms in total. The van der Waals surface area contributed by atoms with Crippen molar-refractivity contribution in [2.24, 2.45) is 4.99 Å². The van der Waals surface area contributed by atoms with Crippen molar-refractivity contribution < 1.29 is 0 Å². The van der Waals surface area contributed by atoms with Crippen molar-refractivity contribution in [2.45, 2.75) is 19.3 Å². The van der Waals surface area contributed by atoms with Crippen molar-refractivity contribution >= 4 is 35.0 Å². The Labute approximate surface area is 136 Å². The van der Waals surface area contributed by atoms with Gasteiger partial charge in [0.15, 0.2) is 3.95 Å². The summed E-state index contributed by atoms with van der Waals surface area (Å²) in [6, 6.07) is 8.25. The normalized spacial score (nSPS) is 15.6. The fraction of sp³-hybridized carbons (Fsp3) is 0.200. The van der Waals surface area contributed by atoms with Gasteiger partial charge in [0.25, 0.3) is 0 Å². The molecule has 4 rings (SSSR count). The summed E-state index contributed by atoms with van der Waals surface area (Å²) in [4.78, 5) is 4.80. The van der Waals surface area contributed by atoms with Crippen LogP contribution in [0.5, 0.6) is 0 Å². The Kier molecular flexibility index (Phi) is 2.88. The molecule has 0 bridgehead atoms. The number of fused-ring (bicyclic) bond motifs is 1. The Morgan fingerprint density at radius 1 is 1.27 bits per heavy atom. The first-order valence-electron chi connectivity index (χ1n) is 6.85. The van der Waals surface area contributed by atoms with Crippen LogP contribution in [-0.2, 0) is 5.41 Å². The van der Waals surface area contributed by atoms with Crippen LogP contribution >= 0.6 is 23.6 Å². The second kappa shape index (κ2) is 4.69. The Morgan fingerprint density at radius 2 is 2.09 bits per heavy atom. The molecule has 3 heterocycles. The molecule has 110 valence electrons. The second-order valence-electron chi connectivity index (χ2n) is 5.67. The SMILES string of the molecule is CC1(C)C(c2cnn(-c3n[nH]c(=S)s3)c2)=Nc2ccccc21. The van der Waals surface area contributed by atoms with Crippen molar-refractivity contribution in [3.05, 3.63) is 51.7 Å². The molecule has 3 aromatic rings. The summed E-state index contributed by atoms with van der Waals surface area (Å²) >= 11 is 6.46. The number of hydrogen-bond acceptors (Lipinski definition) is 5. The molecule has 0 amide bonds. The van der Waals surface area contributed by atoms with Gasteiger partial charge >= 0.3 is 0 Å². The van der Waals surface area contributed by atoms with Crippen LogP contribution in [0.3, 0.4) is 0 Å². The van der Waals surface area contributed by atoms with Crippen LogP contribution in [0, 0.1) is 3.95 Å². The topological polar surface area (TPSA) is 58.9 Å². The fourth-order valence-corrected chi connectivity index (χ4v) is 3.59. The number of H-pyrrole nitrogens is 1. The number of aliphatic imine (C=N–C) groups is 1. The molecular weight excluding hydrogens is 314 g/mol. The van der Waals surface area contributed by atoms with Crippen molar-refractivity contribution in [1.82, 2.24) is 20.0 Å². The van der Waals surface area contributed by atoms with Gasteiger partial charge in [-0.3, -0.25) is 10.1 Å². The van der Waals surface area contributed by atoms with Crippen molar-refractivity contribution in [2.75, 3.05) is 0 Å². The van der Waals surface area contributed by atoms with Crippen molar-refractivity contribution in [3.8, 4) is 5.13 Å². The first kappa shape index (κ1) is 13.5. The third-order valence-corrected chi connectivity index (χ3v) is 4.96. The lowest BCUT2D eigenvalue weighted by Gasteiger charge is -2.21. The molecule has 7 heteroatoms. The number of benzene rings is 1. The highest BCUT2D eigenvalue weighted by Gasteiger charge is 2.36. The first-order valence-corrected chi connectivity index (χ1v) is 8.08. The smallest absolute Gasteiger partial charge is 0.231 e. The minimum absolute atomic E-state index is 0.136. The molecular formula is C15H13N5S2. The van der Waals surface area contributed by atoms with Crippen LogP contribution < -0.4 is 0 Å². The minimum Gasteiger partial charge on any atom is -0.256 e. The summed E-state index contributed by atoms with van der Waals surface area (Å²) < 4.78 is 2.37. The highest BCUT2D eigenvalue weighted by Crippen LogP contribution is 2.41. The first-order chi connectivity index (χ1) is 10.6. The Morgan fingerprint density at radius 3 is 2.82 bits per heavy atom. The molecule has 22 heavy (non-hydrogen) atoms. The molecule has 0 radical (unpaired) electrons. The molecule has 0 saturated heterocycles. The van der Waals surface area contributed by atoms with E-state index in [0.29, 0.717) is 3.95 Å². The largest absolute Gasteiger partial charge is 0.256 e. The molecule has 0 saturated carbocycles. The van der Waals surface area contributed by atoms with E-state index in [0.717, 1.165) is 22.1 Å². The fourth-order valence-electron chi connectivity index (χ4n) is 2.78. The van der Waals surface area contributed by atoms with Gasteiger partial charge in [0.2, 0.25) is 5.13 Å². The van der Waals surface area contributed by atoms with E-state index in [1.165, 1.54) is 16.9 Å². The zero-order valence-corrected chi connectivity index (χ0v) is 13.7. The lowest BCUT2D eigenvalue weighted by atomic mass is 9.80. The maximum Gasteiger partial charge on any atom is 0.231 e. The minimum atomic E-state index is -0.136. The number of hydrogen-bond donors (Lipinski definition) is 1. The summed E-state index contributed by atoms with van der Waals surface area (Å²) in [5, 5.41) is 12.0. The summed E-state index contributed by atoms with van der Waals surface area (Å²) in [6.07, 6.45) is 3.78. The van der Waals surface area contributed by atoms with Gasteiger partial charge in [-0.15, -0.1) is 5.10 Å². The van der Waals surface area contributed by atoms with E-state index in [2.05, 4.69) is 41.3 Å². The maximum absolute atomic E-state index is 5.07. The number of aromatic amines is 1. The van der Waals surface area contributed by atoms with E-state index in [9.17, 15) is 0 Å². The number of nitrogens with one attached hydrogen (secondary N) is 1. The average molecular weight is 327 g/mol. The van der Waals surface area contributed by atoms with E-state index in [1.54, 1.807) is 4.68 Å². The van der Waals surface area contributed by atoms with Gasteiger partial charge in [0.1, 0.15) is 0 Å². The van der Waals surface area contributed by atoms with Crippen LogP contribution in [-0.4, -0.2) is 25.7 Å². The van der Waals surface area contributed by atoms with Gasteiger partial charge < -0.3 is 0 Å². The maximum atomic E-state index is 5.07. The molecule has 0 unspecified atom stereocenters. The van der Waals surface area contributed by atoms with Crippen LogP contribution in [0.4, 0.5) is 5.69 Å². The standard InChI is InChI=1S/C15H13N5S2/c1-15(2)10-5-3-4-6-11(10)17-12(15)9-7-16-20(8-9)13-18-19-14(21)22-13/h3-8H,1-2H3,(H,19,21). The molecule has 0 atom stereocenters. The zero-order chi connectivity index (χ0) is 15.3. The molecule has 1 aliphatic heterocycles. The van der Waals surface area contributed by atoms with E-state index >= 15 is 0 Å². The number of rotatable bonds is 2. The van der Waals surface area contributed by atoms with Gasteiger partial charge in [-0.25, -0.2) is 4.68 Å². The van der Waals surface area contributed by atoms with Crippen LogP contribution in [0.1, 0.15) is 25.0 Å².